The number of aromatic nitrogens is 4. The number of piperazine rings is 1. The minimum absolute atomic E-state index is 0.206. The Morgan fingerprint density at radius 1 is 1.15 bits per heavy atom. The van der Waals surface area contributed by atoms with Gasteiger partial charge in [0.1, 0.15) is 27.7 Å². The molecule has 136 valence electrons. The van der Waals surface area contributed by atoms with E-state index in [9.17, 15) is 8.42 Å². The second-order valence-corrected chi connectivity index (χ2v) is 8.12. The van der Waals surface area contributed by atoms with Crippen LogP contribution in [0.2, 0.25) is 5.02 Å². The molecule has 4 heterocycles. The van der Waals surface area contributed by atoms with E-state index in [1.165, 1.54) is 16.8 Å². The summed E-state index contributed by atoms with van der Waals surface area (Å²) in [6.45, 7) is 1.54. The first kappa shape index (κ1) is 17.0. The van der Waals surface area contributed by atoms with Gasteiger partial charge in [-0.15, -0.1) is 0 Å². The van der Waals surface area contributed by atoms with Crippen molar-refractivity contribution in [1.29, 1.82) is 0 Å². The van der Waals surface area contributed by atoms with Gasteiger partial charge in [0.05, 0.1) is 0 Å². The maximum Gasteiger partial charge on any atom is 0.245 e. The molecular formula is C15H16ClN7O2S. The Bertz CT molecular complexity index is 1060. The van der Waals surface area contributed by atoms with Crippen molar-refractivity contribution in [1.82, 2.24) is 24.2 Å². The molecule has 0 atom stereocenters. The molecule has 0 aromatic carbocycles. The summed E-state index contributed by atoms with van der Waals surface area (Å²) < 4.78 is 27.5. The van der Waals surface area contributed by atoms with E-state index < -0.39 is 10.0 Å². The number of rotatable bonds is 3. The number of nitrogens with two attached hydrogens (primary N) is 1. The zero-order valence-corrected chi connectivity index (χ0v) is 15.2. The van der Waals surface area contributed by atoms with E-state index in [1.54, 1.807) is 18.3 Å². The van der Waals surface area contributed by atoms with E-state index in [0.29, 0.717) is 43.0 Å². The van der Waals surface area contributed by atoms with Crippen molar-refractivity contribution in [3.8, 4) is 0 Å². The molecule has 11 heteroatoms. The smallest absolute Gasteiger partial charge is 0.245 e. The Hall–Kier alpha value is -2.43. The zero-order chi connectivity index (χ0) is 18.3. The van der Waals surface area contributed by atoms with E-state index in [-0.39, 0.29) is 15.7 Å². The fourth-order valence-electron chi connectivity index (χ4n) is 3.02. The minimum atomic E-state index is -3.62. The SMILES string of the molecule is Nc1ncnc(N2CCN(S(=O)(=O)c3c[nH]c4ncccc34)CC2)c1Cl. The van der Waals surface area contributed by atoms with Crippen LogP contribution < -0.4 is 10.6 Å². The number of hydrogen-bond donors (Lipinski definition) is 2. The van der Waals surface area contributed by atoms with Crippen LogP contribution in [0.5, 0.6) is 0 Å². The number of hydrogen-bond acceptors (Lipinski definition) is 7. The number of aromatic amines is 1. The predicted octanol–water partition coefficient (Wildman–Crippen LogP) is 1.10. The van der Waals surface area contributed by atoms with Crippen molar-refractivity contribution in [3.05, 3.63) is 35.9 Å². The first-order valence-corrected chi connectivity index (χ1v) is 9.73. The molecule has 0 unspecified atom stereocenters. The summed E-state index contributed by atoms with van der Waals surface area (Å²) in [6.07, 6.45) is 4.45. The van der Waals surface area contributed by atoms with Gasteiger partial charge in [-0.2, -0.15) is 4.31 Å². The van der Waals surface area contributed by atoms with E-state index in [0.717, 1.165) is 0 Å². The van der Waals surface area contributed by atoms with Crippen molar-refractivity contribution >= 4 is 44.3 Å². The Labute approximate surface area is 154 Å². The third-order valence-electron chi connectivity index (χ3n) is 4.37. The largest absolute Gasteiger partial charge is 0.382 e. The molecule has 26 heavy (non-hydrogen) atoms. The number of fused-ring (bicyclic) bond motifs is 1. The van der Waals surface area contributed by atoms with Crippen LogP contribution in [-0.4, -0.2) is 58.8 Å². The Kier molecular flexibility index (Phi) is 4.17. The van der Waals surface area contributed by atoms with Crippen LogP contribution in [0.4, 0.5) is 11.6 Å². The molecular weight excluding hydrogens is 378 g/mol. The van der Waals surface area contributed by atoms with Crippen LogP contribution in [0.25, 0.3) is 11.0 Å². The summed E-state index contributed by atoms with van der Waals surface area (Å²) in [4.78, 5) is 17.2. The highest BCUT2D eigenvalue weighted by atomic mass is 35.5. The summed E-state index contributed by atoms with van der Waals surface area (Å²) in [5, 5.41) is 0.869. The number of halogens is 1. The summed E-state index contributed by atoms with van der Waals surface area (Å²) >= 11 is 6.16. The van der Waals surface area contributed by atoms with Gasteiger partial charge in [0.2, 0.25) is 10.0 Å². The molecule has 0 bridgehead atoms. The average molecular weight is 394 g/mol. The number of nitrogen functional groups attached to an aromatic ring is 1. The van der Waals surface area contributed by atoms with E-state index in [2.05, 4.69) is 19.9 Å². The molecule has 0 aliphatic carbocycles. The number of nitrogens with zero attached hydrogens (tertiary/aromatic N) is 5. The lowest BCUT2D eigenvalue weighted by atomic mass is 10.3. The molecule has 3 N–H and O–H groups in total. The Morgan fingerprint density at radius 2 is 1.92 bits per heavy atom. The molecule has 0 radical (unpaired) electrons. The van der Waals surface area contributed by atoms with Crippen molar-refractivity contribution in [2.75, 3.05) is 36.8 Å². The summed E-state index contributed by atoms with van der Waals surface area (Å²) in [5.41, 5.74) is 6.26. The molecule has 1 aliphatic heterocycles. The lowest BCUT2D eigenvalue weighted by molar-refractivity contribution is 0.384. The number of H-pyrrole nitrogens is 1. The first-order valence-electron chi connectivity index (χ1n) is 7.91. The van der Waals surface area contributed by atoms with Crippen molar-refractivity contribution < 1.29 is 8.42 Å². The third kappa shape index (κ3) is 2.75. The van der Waals surface area contributed by atoms with Crippen LogP contribution in [0.3, 0.4) is 0 Å². The highest BCUT2D eigenvalue weighted by Crippen LogP contribution is 2.29. The number of pyridine rings is 1. The standard InChI is InChI=1S/C15H16ClN7O2S/c16-12-13(17)20-9-21-15(12)22-4-6-23(7-5-22)26(24,25)11-8-19-14-10(11)2-1-3-18-14/h1-3,8-9H,4-7H2,(H,18,19)(H2,17,20,21). The van der Waals surface area contributed by atoms with Gasteiger partial charge in [-0.25, -0.2) is 23.4 Å². The van der Waals surface area contributed by atoms with Crippen LogP contribution >= 0.6 is 11.6 Å². The van der Waals surface area contributed by atoms with Crippen molar-refractivity contribution in [3.63, 3.8) is 0 Å². The molecule has 9 nitrogen and oxygen atoms in total. The molecule has 1 saturated heterocycles. The van der Waals surface area contributed by atoms with Gasteiger partial charge >= 0.3 is 0 Å². The monoisotopic (exact) mass is 393 g/mol. The summed E-state index contributed by atoms with van der Waals surface area (Å²) in [7, 11) is -3.62. The molecule has 0 spiro atoms. The Morgan fingerprint density at radius 3 is 2.69 bits per heavy atom. The highest BCUT2D eigenvalue weighted by Gasteiger charge is 2.31. The summed E-state index contributed by atoms with van der Waals surface area (Å²) in [6, 6.07) is 3.46. The average Bonchev–Trinajstić information content (AvgIpc) is 3.09. The van der Waals surface area contributed by atoms with Gasteiger partial charge < -0.3 is 15.6 Å². The second kappa shape index (κ2) is 6.38. The minimum Gasteiger partial charge on any atom is -0.382 e. The van der Waals surface area contributed by atoms with Gasteiger partial charge in [0, 0.05) is 44.0 Å². The van der Waals surface area contributed by atoms with Crippen LogP contribution in [0, 0.1) is 0 Å². The fraction of sp³-hybridized carbons (Fsp3) is 0.267. The predicted molar refractivity (Wildman–Crippen MR) is 98.5 cm³/mol. The molecule has 3 aromatic heterocycles. The van der Waals surface area contributed by atoms with Gasteiger partial charge in [-0.3, -0.25) is 0 Å². The van der Waals surface area contributed by atoms with Gasteiger partial charge in [-0.1, -0.05) is 11.6 Å². The van der Waals surface area contributed by atoms with Gasteiger partial charge in [0.25, 0.3) is 0 Å². The molecule has 1 aliphatic rings. The van der Waals surface area contributed by atoms with E-state index in [1.807, 2.05) is 4.90 Å². The van der Waals surface area contributed by atoms with Crippen LogP contribution in [-0.2, 0) is 10.0 Å². The maximum atomic E-state index is 13.0. The number of anilines is 2. The fourth-order valence-corrected chi connectivity index (χ4v) is 4.81. The topological polar surface area (TPSA) is 121 Å². The molecule has 0 saturated carbocycles. The van der Waals surface area contributed by atoms with Gasteiger partial charge in [0.15, 0.2) is 5.82 Å². The lowest BCUT2D eigenvalue weighted by Gasteiger charge is -2.34. The number of sulfonamides is 1. The molecule has 4 rings (SSSR count). The highest BCUT2D eigenvalue weighted by molar-refractivity contribution is 7.89. The third-order valence-corrected chi connectivity index (χ3v) is 6.67. The quantitative estimate of drug-likeness (QED) is 0.683. The lowest BCUT2D eigenvalue weighted by Crippen LogP contribution is -2.49. The summed E-state index contributed by atoms with van der Waals surface area (Å²) in [5.74, 6) is 0.727. The van der Waals surface area contributed by atoms with Crippen LogP contribution in [0.15, 0.2) is 35.7 Å². The van der Waals surface area contributed by atoms with Crippen molar-refractivity contribution in [2.45, 2.75) is 4.90 Å². The molecule has 0 amide bonds. The van der Waals surface area contributed by atoms with Gasteiger partial charge in [-0.05, 0) is 12.1 Å². The molecule has 1 fully saturated rings. The Balaban J connectivity index is 1.57. The second-order valence-electron chi connectivity index (χ2n) is 5.84. The first-order chi connectivity index (χ1) is 12.5. The van der Waals surface area contributed by atoms with Crippen molar-refractivity contribution in [2.24, 2.45) is 0 Å². The van der Waals surface area contributed by atoms with Crippen LogP contribution in [0.1, 0.15) is 0 Å². The number of nitrogens with one attached hydrogen (secondary N) is 1. The van der Waals surface area contributed by atoms with E-state index in [4.69, 9.17) is 17.3 Å². The molecule has 3 aromatic rings. The maximum absolute atomic E-state index is 13.0. The van der Waals surface area contributed by atoms with E-state index >= 15 is 0 Å². The normalized spacial score (nSPS) is 16.3. The zero-order valence-electron chi connectivity index (χ0n) is 13.6.